The van der Waals surface area contributed by atoms with Crippen LogP contribution in [0.3, 0.4) is 0 Å². The van der Waals surface area contributed by atoms with E-state index in [1.54, 1.807) is 7.11 Å². The second-order valence-corrected chi connectivity index (χ2v) is 7.20. The zero-order chi connectivity index (χ0) is 17.8. The van der Waals surface area contributed by atoms with E-state index in [2.05, 4.69) is 25.0 Å². The first-order chi connectivity index (χ1) is 12.8. The third kappa shape index (κ3) is 3.88. The number of anilines is 1. The van der Waals surface area contributed by atoms with E-state index in [0.717, 1.165) is 69.3 Å². The van der Waals surface area contributed by atoms with Gasteiger partial charge in [-0.05, 0) is 38.2 Å². The molecule has 0 amide bonds. The molecule has 26 heavy (non-hydrogen) atoms. The molecule has 4 heterocycles. The van der Waals surface area contributed by atoms with Gasteiger partial charge in [-0.1, -0.05) is 0 Å². The molecule has 0 aliphatic carbocycles. The Morgan fingerprint density at radius 2 is 2.12 bits per heavy atom. The molecule has 140 valence electrons. The molecule has 0 radical (unpaired) electrons. The second-order valence-electron chi connectivity index (χ2n) is 7.20. The molecule has 7 heteroatoms. The van der Waals surface area contributed by atoms with Crippen LogP contribution in [0.2, 0.25) is 0 Å². The van der Waals surface area contributed by atoms with E-state index in [4.69, 9.17) is 9.72 Å². The minimum Gasteiger partial charge on any atom is -0.383 e. The summed E-state index contributed by atoms with van der Waals surface area (Å²) in [4.78, 5) is 11.7. The van der Waals surface area contributed by atoms with Crippen molar-refractivity contribution in [2.24, 2.45) is 0 Å². The van der Waals surface area contributed by atoms with Crippen molar-refractivity contribution in [1.29, 1.82) is 0 Å². The molecule has 0 aromatic carbocycles. The quantitative estimate of drug-likeness (QED) is 0.856. The van der Waals surface area contributed by atoms with Crippen molar-refractivity contribution < 1.29 is 4.74 Å². The summed E-state index contributed by atoms with van der Waals surface area (Å²) in [5.41, 5.74) is 3.44. The van der Waals surface area contributed by atoms with Crippen LogP contribution >= 0.6 is 0 Å². The van der Waals surface area contributed by atoms with Gasteiger partial charge in [0.25, 0.3) is 0 Å². The predicted molar refractivity (Wildman–Crippen MR) is 101 cm³/mol. The van der Waals surface area contributed by atoms with Crippen LogP contribution in [0, 0.1) is 0 Å². The molecule has 2 aromatic rings. The van der Waals surface area contributed by atoms with Gasteiger partial charge in [0.2, 0.25) is 5.95 Å². The van der Waals surface area contributed by atoms with E-state index in [-0.39, 0.29) is 0 Å². The number of methoxy groups -OCH3 is 1. The number of fused-ring (bicyclic) bond motifs is 1. The molecule has 7 nitrogen and oxygen atoms in total. The van der Waals surface area contributed by atoms with Crippen molar-refractivity contribution in [2.45, 2.75) is 44.7 Å². The Balaban J connectivity index is 1.40. The average molecular weight is 356 g/mol. The molecule has 0 bridgehead atoms. The lowest BCUT2D eigenvalue weighted by atomic mass is 10.0. The van der Waals surface area contributed by atoms with Crippen LogP contribution in [0.15, 0.2) is 18.5 Å². The fourth-order valence-corrected chi connectivity index (χ4v) is 3.92. The summed E-state index contributed by atoms with van der Waals surface area (Å²) in [5, 5.41) is 8.06. The largest absolute Gasteiger partial charge is 0.383 e. The van der Waals surface area contributed by atoms with Crippen molar-refractivity contribution in [3.63, 3.8) is 0 Å². The van der Waals surface area contributed by atoms with E-state index in [1.165, 1.54) is 18.5 Å². The molecule has 2 aliphatic rings. The maximum Gasteiger partial charge on any atom is 0.223 e. The van der Waals surface area contributed by atoms with Gasteiger partial charge in [-0.15, -0.1) is 0 Å². The molecule has 0 atom stereocenters. The standard InChI is InChI=1S/C19H28N6O/c1-26-13-12-24-10-6-15(7-11-24)22-19-20-8-5-17(23-19)16-14-21-25-9-3-2-4-18(16)25/h5,8,14-15H,2-4,6-7,9-13H2,1H3,(H,20,22,23). The highest BCUT2D eigenvalue weighted by Crippen LogP contribution is 2.27. The number of aromatic nitrogens is 4. The summed E-state index contributed by atoms with van der Waals surface area (Å²) in [6.45, 7) is 5.03. The second kappa shape index (κ2) is 8.14. The van der Waals surface area contributed by atoms with Gasteiger partial charge in [-0.3, -0.25) is 4.68 Å². The molecular weight excluding hydrogens is 328 g/mol. The molecular formula is C19H28N6O. The van der Waals surface area contributed by atoms with Crippen molar-refractivity contribution in [1.82, 2.24) is 24.6 Å². The maximum atomic E-state index is 5.17. The molecule has 2 aromatic heterocycles. The third-order valence-electron chi connectivity index (χ3n) is 5.45. The van der Waals surface area contributed by atoms with Crippen molar-refractivity contribution in [3.8, 4) is 11.3 Å². The molecule has 4 rings (SSSR count). The average Bonchev–Trinajstić information content (AvgIpc) is 3.12. The summed E-state index contributed by atoms with van der Waals surface area (Å²) in [7, 11) is 1.76. The first kappa shape index (κ1) is 17.4. The lowest BCUT2D eigenvalue weighted by Gasteiger charge is -2.32. The summed E-state index contributed by atoms with van der Waals surface area (Å²) < 4.78 is 7.30. The van der Waals surface area contributed by atoms with Gasteiger partial charge >= 0.3 is 0 Å². The van der Waals surface area contributed by atoms with Crippen LogP contribution in [0.25, 0.3) is 11.3 Å². The van der Waals surface area contributed by atoms with Gasteiger partial charge in [0, 0.05) is 56.8 Å². The maximum absolute atomic E-state index is 5.17. The lowest BCUT2D eigenvalue weighted by molar-refractivity contribution is 0.132. The Morgan fingerprint density at radius 3 is 2.96 bits per heavy atom. The molecule has 1 N–H and O–H groups in total. The first-order valence-electron chi connectivity index (χ1n) is 9.69. The Morgan fingerprint density at radius 1 is 1.23 bits per heavy atom. The third-order valence-corrected chi connectivity index (χ3v) is 5.45. The topological polar surface area (TPSA) is 68.1 Å². The Hall–Kier alpha value is -1.99. The minimum absolute atomic E-state index is 0.435. The van der Waals surface area contributed by atoms with Crippen LogP contribution in [-0.4, -0.2) is 64.0 Å². The van der Waals surface area contributed by atoms with Crippen LogP contribution in [0.5, 0.6) is 0 Å². The van der Waals surface area contributed by atoms with Crippen molar-refractivity contribution >= 4 is 5.95 Å². The smallest absolute Gasteiger partial charge is 0.223 e. The van der Waals surface area contributed by atoms with Gasteiger partial charge in [0.15, 0.2) is 0 Å². The highest BCUT2D eigenvalue weighted by molar-refractivity contribution is 5.62. The predicted octanol–water partition coefficient (Wildman–Crippen LogP) is 2.20. The zero-order valence-corrected chi connectivity index (χ0v) is 15.5. The number of likely N-dealkylation sites (tertiary alicyclic amines) is 1. The SMILES string of the molecule is COCCN1CCC(Nc2nccc(-c3cnn4c3CCCC4)n2)CC1. The molecule has 0 unspecified atom stereocenters. The van der Waals surface area contributed by atoms with Gasteiger partial charge in [-0.25, -0.2) is 9.97 Å². The summed E-state index contributed by atoms with van der Waals surface area (Å²) >= 11 is 0. The number of nitrogens with one attached hydrogen (secondary N) is 1. The molecule has 0 spiro atoms. The fraction of sp³-hybridized carbons (Fsp3) is 0.632. The van der Waals surface area contributed by atoms with Crippen LogP contribution < -0.4 is 5.32 Å². The Bertz CT molecular complexity index is 723. The lowest BCUT2D eigenvalue weighted by Crippen LogP contribution is -2.40. The summed E-state index contributed by atoms with van der Waals surface area (Å²) in [5.74, 6) is 0.730. The molecule has 1 fully saturated rings. The highest BCUT2D eigenvalue weighted by atomic mass is 16.5. The normalized spacial score (nSPS) is 18.7. The minimum atomic E-state index is 0.435. The number of nitrogens with zero attached hydrogens (tertiary/aromatic N) is 5. The monoisotopic (exact) mass is 356 g/mol. The Kier molecular flexibility index (Phi) is 5.45. The zero-order valence-electron chi connectivity index (χ0n) is 15.5. The van der Waals surface area contributed by atoms with Crippen molar-refractivity contribution in [3.05, 3.63) is 24.2 Å². The summed E-state index contributed by atoms with van der Waals surface area (Å²) in [6, 6.07) is 2.43. The number of hydrogen-bond donors (Lipinski definition) is 1. The number of piperidine rings is 1. The summed E-state index contributed by atoms with van der Waals surface area (Å²) in [6.07, 6.45) is 9.57. The molecule has 1 saturated heterocycles. The van der Waals surface area contributed by atoms with Gasteiger partial charge in [-0.2, -0.15) is 5.10 Å². The number of rotatable bonds is 6. The van der Waals surface area contributed by atoms with Gasteiger partial charge < -0.3 is 15.0 Å². The van der Waals surface area contributed by atoms with Crippen molar-refractivity contribution in [2.75, 3.05) is 38.7 Å². The van der Waals surface area contributed by atoms with Crippen LogP contribution in [0.1, 0.15) is 31.4 Å². The van der Waals surface area contributed by atoms with Crippen LogP contribution in [0.4, 0.5) is 5.95 Å². The molecule has 2 aliphatic heterocycles. The fourth-order valence-electron chi connectivity index (χ4n) is 3.92. The molecule has 0 saturated carbocycles. The van der Waals surface area contributed by atoms with Gasteiger partial charge in [0.05, 0.1) is 18.5 Å². The van der Waals surface area contributed by atoms with E-state index in [9.17, 15) is 0 Å². The highest BCUT2D eigenvalue weighted by Gasteiger charge is 2.20. The van der Waals surface area contributed by atoms with E-state index < -0.39 is 0 Å². The van der Waals surface area contributed by atoms with E-state index >= 15 is 0 Å². The number of hydrogen-bond acceptors (Lipinski definition) is 6. The number of aryl methyl sites for hydroxylation is 1. The van der Waals surface area contributed by atoms with E-state index in [1.807, 2.05) is 18.5 Å². The van der Waals surface area contributed by atoms with Gasteiger partial charge in [0.1, 0.15) is 0 Å². The first-order valence-corrected chi connectivity index (χ1v) is 9.69. The number of ether oxygens (including phenoxy) is 1. The Labute approximate surface area is 154 Å². The van der Waals surface area contributed by atoms with E-state index in [0.29, 0.717) is 6.04 Å². The van der Waals surface area contributed by atoms with Crippen LogP contribution in [-0.2, 0) is 17.7 Å².